The first-order valence-electron chi connectivity index (χ1n) is 7.58. The summed E-state index contributed by atoms with van der Waals surface area (Å²) in [6.07, 6.45) is 3.09. The van der Waals surface area contributed by atoms with Crippen LogP contribution in [-0.2, 0) is 11.2 Å². The van der Waals surface area contributed by atoms with E-state index >= 15 is 0 Å². The number of halogens is 2. The maximum atomic E-state index is 12.2. The second kappa shape index (κ2) is 7.24. The van der Waals surface area contributed by atoms with Gasteiger partial charge in [-0.05, 0) is 48.6 Å². The molecule has 0 spiro atoms. The molecule has 23 heavy (non-hydrogen) atoms. The number of aryl methyl sites for hydroxylation is 1. The molecule has 2 aromatic rings. The Kier molecular flexibility index (Phi) is 5.09. The third-order valence-electron chi connectivity index (χ3n) is 3.96. The normalized spacial score (nSPS) is 16.5. The average Bonchev–Trinajstić information content (AvgIpc) is 2.54. The van der Waals surface area contributed by atoms with E-state index in [9.17, 15) is 4.79 Å². The number of nitrogens with one attached hydrogen (secondary N) is 1. The van der Waals surface area contributed by atoms with Gasteiger partial charge in [0, 0.05) is 5.02 Å². The molecule has 2 aromatic carbocycles. The number of hydrogen-bond acceptors (Lipinski definition) is 2. The summed E-state index contributed by atoms with van der Waals surface area (Å²) in [5.74, 6) is 0.299. The van der Waals surface area contributed by atoms with E-state index in [-0.39, 0.29) is 18.6 Å². The molecule has 0 heterocycles. The van der Waals surface area contributed by atoms with Crippen molar-refractivity contribution in [2.45, 2.75) is 25.3 Å². The summed E-state index contributed by atoms with van der Waals surface area (Å²) in [7, 11) is 0. The monoisotopic (exact) mass is 349 g/mol. The maximum Gasteiger partial charge on any atom is 0.258 e. The molecule has 0 saturated carbocycles. The first-order valence-corrected chi connectivity index (χ1v) is 8.34. The molecule has 0 radical (unpaired) electrons. The van der Waals surface area contributed by atoms with Crippen molar-refractivity contribution in [3.05, 3.63) is 63.6 Å². The summed E-state index contributed by atoms with van der Waals surface area (Å²) >= 11 is 11.9. The zero-order chi connectivity index (χ0) is 16.2. The number of hydrogen-bond donors (Lipinski definition) is 1. The van der Waals surface area contributed by atoms with Gasteiger partial charge in [0.05, 0.1) is 11.1 Å². The van der Waals surface area contributed by atoms with Crippen LogP contribution < -0.4 is 10.1 Å². The molecule has 0 fully saturated rings. The lowest BCUT2D eigenvalue weighted by molar-refractivity contribution is -0.123. The second-order valence-electron chi connectivity index (χ2n) is 5.57. The molecule has 0 aromatic heterocycles. The summed E-state index contributed by atoms with van der Waals surface area (Å²) in [5.41, 5.74) is 2.52. The van der Waals surface area contributed by atoms with Gasteiger partial charge in [0.25, 0.3) is 5.91 Å². The number of amides is 1. The number of carbonyl (C=O) groups excluding carboxylic acids is 1. The van der Waals surface area contributed by atoms with Crippen molar-refractivity contribution >= 4 is 29.1 Å². The number of benzene rings is 2. The van der Waals surface area contributed by atoms with Gasteiger partial charge in [-0.1, -0.05) is 47.5 Å². The predicted molar refractivity (Wildman–Crippen MR) is 92.2 cm³/mol. The fourth-order valence-corrected chi connectivity index (χ4v) is 3.34. The Bertz CT molecular complexity index is 718. The molecule has 1 N–H and O–H groups in total. The molecule has 5 heteroatoms. The van der Waals surface area contributed by atoms with Crippen molar-refractivity contribution in [2.75, 3.05) is 6.61 Å². The van der Waals surface area contributed by atoms with Crippen LogP contribution in [0.25, 0.3) is 0 Å². The van der Waals surface area contributed by atoms with Gasteiger partial charge >= 0.3 is 0 Å². The molecule has 0 aliphatic heterocycles. The van der Waals surface area contributed by atoms with E-state index in [1.165, 1.54) is 11.1 Å². The van der Waals surface area contributed by atoms with Gasteiger partial charge in [-0.3, -0.25) is 4.79 Å². The fourth-order valence-electron chi connectivity index (χ4n) is 2.88. The minimum Gasteiger partial charge on any atom is -0.482 e. The predicted octanol–water partition coefficient (Wildman–Crippen LogP) is 4.57. The largest absolute Gasteiger partial charge is 0.482 e. The van der Waals surface area contributed by atoms with Crippen LogP contribution in [0.4, 0.5) is 0 Å². The minimum absolute atomic E-state index is 0.0525. The Labute approximate surface area is 145 Å². The quantitative estimate of drug-likeness (QED) is 0.878. The van der Waals surface area contributed by atoms with Crippen molar-refractivity contribution in [2.24, 2.45) is 0 Å². The van der Waals surface area contributed by atoms with Crippen LogP contribution >= 0.6 is 23.2 Å². The number of ether oxygens (including phenoxy) is 1. The van der Waals surface area contributed by atoms with Crippen LogP contribution in [0.2, 0.25) is 10.0 Å². The van der Waals surface area contributed by atoms with Gasteiger partial charge in [-0.2, -0.15) is 0 Å². The van der Waals surface area contributed by atoms with E-state index in [1.807, 2.05) is 12.1 Å². The lowest BCUT2D eigenvalue weighted by atomic mass is 9.88. The maximum absolute atomic E-state index is 12.2. The van der Waals surface area contributed by atoms with Crippen LogP contribution in [0.5, 0.6) is 5.75 Å². The zero-order valence-electron chi connectivity index (χ0n) is 12.5. The molecular formula is C18H17Cl2NO2. The summed E-state index contributed by atoms with van der Waals surface area (Å²) in [6, 6.07) is 13.2. The third-order valence-corrected chi connectivity index (χ3v) is 4.49. The lowest BCUT2D eigenvalue weighted by Gasteiger charge is -2.26. The second-order valence-corrected chi connectivity index (χ2v) is 6.42. The Morgan fingerprint density at radius 2 is 2.04 bits per heavy atom. The summed E-state index contributed by atoms with van der Waals surface area (Å²) in [6.45, 7) is -0.0694. The topological polar surface area (TPSA) is 38.3 Å². The Morgan fingerprint density at radius 3 is 2.87 bits per heavy atom. The van der Waals surface area contributed by atoms with Crippen molar-refractivity contribution in [1.29, 1.82) is 0 Å². The summed E-state index contributed by atoms with van der Waals surface area (Å²) < 4.78 is 5.48. The highest BCUT2D eigenvalue weighted by Gasteiger charge is 2.21. The molecule has 1 atom stereocenters. The summed E-state index contributed by atoms with van der Waals surface area (Å²) in [5, 5.41) is 3.97. The van der Waals surface area contributed by atoms with E-state index in [4.69, 9.17) is 27.9 Å². The van der Waals surface area contributed by atoms with Crippen LogP contribution in [0.1, 0.15) is 30.0 Å². The molecule has 1 amide bonds. The smallest absolute Gasteiger partial charge is 0.258 e. The van der Waals surface area contributed by atoms with Crippen molar-refractivity contribution in [1.82, 2.24) is 5.32 Å². The Hall–Kier alpha value is -1.71. The minimum atomic E-state index is -0.155. The van der Waals surface area contributed by atoms with E-state index in [2.05, 4.69) is 17.4 Å². The number of fused-ring (bicyclic) bond motifs is 1. The van der Waals surface area contributed by atoms with Crippen molar-refractivity contribution < 1.29 is 9.53 Å². The molecule has 3 rings (SSSR count). The van der Waals surface area contributed by atoms with E-state index in [0.717, 1.165) is 19.3 Å². The Balaban J connectivity index is 1.60. The molecule has 0 saturated heterocycles. The lowest BCUT2D eigenvalue weighted by Crippen LogP contribution is -2.34. The van der Waals surface area contributed by atoms with Gasteiger partial charge in [0.1, 0.15) is 5.75 Å². The SMILES string of the molecule is O=C(COc1ccc(Cl)cc1Cl)N[C@@H]1CCCc2ccccc21. The van der Waals surface area contributed by atoms with Crippen molar-refractivity contribution in [3.8, 4) is 5.75 Å². The summed E-state index contributed by atoms with van der Waals surface area (Å²) in [4.78, 5) is 12.2. The van der Waals surface area contributed by atoms with Crippen LogP contribution in [0.3, 0.4) is 0 Å². The highest BCUT2D eigenvalue weighted by Crippen LogP contribution is 2.30. The van der Waals surface area contributed by atoms with Crippen molar-refractivity contribution in [3.63, 3.8) is 0 Å². The third kappa shape index (κ3) is 3.98. The first kappa shape index (κ1) is 16.2. The highest BCUT2D eigenvalue weighted by molar-refractivity contribution is 6.35. The standard InChI is InChI=1S/C18H17Cl2NO2/c19-13-8-9-17(15(20)10-13)23-11-18(22)21-16-7-3-5-12-4-1-2-6-14(12)16/h1-2,4,6,8-10,16H,3,5,7,11H2,(H,21,22)/t16-/m1/s1. The molecule has 3 nitrogen and oxygen atoms in total. The fraction of sp³-hybridized carbons (Fsp3) is 0.278. The van der Waals surface area contributed by atoms with Gasteiger partial charge in [0.2, 0.25) is 0 Å². The zero-order valence-corrected chi connectivity index (χ0v) is 14.0. The molecule has 0 unspecified atom stereocenters. The van der Waals surface area contributed by atoms with E-state index in [1.54, 1.807) is 18.2 Å². The molecule has 1 aliphatic rings. The molecule has 0 bridgehead atoms. The van der Waals surface area contributed by atoms with Crippen LogP contribution in [0.15, 0.2) is 42.5 Å². The average molecular weight is 350 g/mol. The highest BCUT2D eigenvalue weighted by atomic mass is 35.5. The molecule has 120 valence electrons. The number of carbonyl (C=O) groups is 1. The van der Waals surface area contributed by atoms with Gasteiger partial charge in [-0.25, -0.2) is 0 Å². The van der Waals surface area contributed by atoms with Gasteiger partial charge in [0.15, 0.2) is 6.61 Å². The first-order chi connectivity index (χ1) is 11.1. The molecular weight excluding hydrogens is 333 g/mol. The number of rotatable bonds is 4. The Morgan fingerprint density at radius 1 is 1.22 bits per heavy atom. The van der Waals surface area contributed by atoms with Crippen LogP contribution in [-0.4, -0.2) is 12.5 Å². The molecule has 1 aliphatic carbocycles. The van der Waals surface area contributed by atoms with Gasteiger partial charge < -0.3 is 10.1 Å². The van der Waals surface area contributed by atoms with Gasteiger partial charge in [-0.15, -0.1) is 0 Å². The van der Waals surface area contributed by atoms with E-state index in [0.29, 0.717) is 15.8 Å². The van der Waals surface area contributed by atoms with E-state index < -0.39 is 0 Å². The van der Waals surface area contributed by atoms with Crippen LogP contribution in [0, 0.1) is 0 Å².